The molecule has 4 nitrogen and oxygen atoms in total. The van der Waals surface area contributed by atoms with Crippen molar-refractivity contribution in [2.75, 3.05) is 6.54 Å². The normalized spacial score (nSPS) is 17.0. The number of aryl methyl sites for hydroxylation is 1. The first-order valence-corrected chi connectivity index (χ1v) is 10.4. The fourth-order valence-corrected chi connectivity index (χ4v) is 5.09. The van der Waals surface area contributed by atoms with Crippen molar-refractivity contribution >= 4 is 22.2 Å². The standard InChI is InChI=1S/C23H21N3OS/c1-15-6-5-9-18-21(15)24-20(25-23(18)27)14-26-12-10-19-17(11-13-28-19)22(26)16-7-3-2-4-8-16/h2-9,11,13,22H,10,12,14H2,1H3,(H,24,25,27)/t22-/m0/s1. The number of hydrogen-bond donors (Lipinski definition) is 1. The second kappa shape index (κ2) is 7.00. The van der Waals surface area contributed by atoms with Crippen LogP contribution in [0.25, 0.3) is 10.9 Å². The van der Waals surface area contributed by atoms with E-state index in [0.717, 1.165) is 29.9 Å². The van der Waals surface area contributed by atoms with Gasteiger partial charge < -0.3 is 4.98 Å². The summed E-state index contributed by atoms with van der Waals surface area (Å²) >= 11 is 1.84. The van der Waals surface area contributed by atoms with Crippen molar-refractivity contribution in [1.82, 2.24) is 14.9 Å². The summed E-state index contributed by atoms with van der Waals surface area (Å²) in [6, 6.07) is 18.8. The van der Waals surface area contributed by atoms with E-state index in [9.17, 15) is 4.79 Å². The third-order valence-corrected chi connectivity index (χ3v) is 6.52. The molecule has 0 saturated heterocycles. The SMILES string of the molecule is Cc1cccc2c(=O)[nH]c(CN3CCc4sccc4[C@@H]3c3ccccc3)nc12. The summed E-state index contributed by atoms with van der Waals surface area (Å²) in [7, 11) is 0. The second-order valence-corrected chi connectivity index (χ2v) is 8.32. The average Bonchev–Trinajstić information content (AvgIpc) is 3.18. The molecule has 28 heavy (non-hydrogen) atoms. The molecule has 0 saturated carbocycles. The molecule has 3 heterocycles. The van der Waals surface area contributed by atoms with Crippen LogP contribution in [0.1, 0.15) is 33.4 Å². The summed E-state index contributed by atoms with van der Waals surface area (Å²) in [5.41, 5.74) is 4.42. The highest BCUT2D eigenvalue weighted by molar-refractivity contribution is 7.10. The largest absolute Gasteiger partial charge is 0.309 e. The van der Waals surface area contributed by atoms with E-state index >= 15 is 0 Å². The van der Waals surface area contributed by atoms with Crippen LogP contribution in [0.4, 0.5) is 0 Å². The zero-order chi connectivity index (χ0) is 19.1. The minimum absolute atomic E-state index is 0.0619. The van der Waals surface area contributed by atoms with Crippen molar-refractivity contribution in [3.05, 3.63) is 97.7 Å². The quantitative estimate of drug-likeness (QED) is 0.565. The van der Waals surface area contributed by atoms with Gasteiger partial charge in [0, 0.05) is 11.4 Å². The highest BCUT2D eigenvalue weighted by atomic mass is 32.1. The molecule has 2 aromatic carbocycles. The van der Waals surface area contributed by atoms with Crippen LogP contribution in [0.2, 0.25) is 0 Å². The van der Waals surface area contributed by atoms with Gasteiger partial charge >= 0.3 is 0 Å². The molecule has 5 heteroatoms. The molecule has 0 spiro atoms. The van der Waals surface area contributed by atoms with Crippen LogP contribution < -0.4 is 5.56 Å². The molecule has 0 unspecified atom stereocenters. The lowest BCUT2D eigenvalue weighted by Gasteiger charge is -2.36. The van der Waals surface area contributed by atoms with Gasteiger partial charge in [-0.05, 0) is 47.5 Å². The van der Waals surface area contributed by atoms with Gasteiger partial charge in [-0.15, -0.1) is 11.3 Å². The first-order valence-electron chi connectivity index (χ1n) is 9.54. The zero-order valence-electron chi connectivity index (χ0n) is 15.7. The van der Waals surface area contributed by atoms with Crippen LogP contribution in [-0.2, 0) is 13.0 Å². The number of thiophene rings is 1. The van der Waals surface area contributed by atoms with Crippen LogP contribution in [-0.4, -0.2) is 21.4 Å². The lowest BCUT2D eigenvalue weighted by atomic mass is 9.93. The topological polar surface area (TPSA) is 49.0 Å². The van der Waals surface area contributed by atoms with Crippen molar-refractivity contribution in [3.8, 4) is 0 Å². The molecule has 0 aliphatic carbocycles. The van der Waals surface area contributed by atoms with Crippen molar-refractivity contribution in [2.45, 2.75) is 25.9 Å². The second-order valence-electron chi connectivity index (χ2n) is 7.32. The van der Waals surface area contributed by atoms with Crippen molar-refractivity contribution in [3.63, 3.8) is 0 Å². The third-order valence-electron chi connectivity index (χ3n) is 5.52. The first-order chi connectivity index (χ1) is 13.7. The lowest BCUT2D eigenvalue weighted by molar-refractivity contribution is 0.201. The summed E-state index contributed by atoms with van der Waals surface area (Å²) in [5.74, 6) is 0.728. The van der Waals surface area contributed by atoms with E-state index in [0.29, 0.717) is 11.9 Å². The van der Waals surface area contributed by atoms with Crippen LogP contribution >= 0.6 is 11.3 Å². The molecule has 0 fully saturated rings. The lowest BCUT2D eigenvalue weighted by Crippen LogP contribution is -2.36. The fraction of sp³-hybridized carbons (Fsp3) is 0.217. The molecule has 1 aliphatic heterocycles. The Balaban J connectivity index is 1.56. The Hall–Kier alpha value is -2.76. The molecule has 140 valence electrons. The monoisotopic (exact) mass is 387 g/mol. The average molecular weight is 388 g/mol. The maximum Gasteiger partial charge on any atom is 0.258 e. The molecule has 2 aromatic heterocycles. The van der Waals surface area contributed by atoms with E-state index in [1.807, 2.05) is 36.5 Å². The molecule has 1 aliphatic rings. The summed E-state index contributed by atoms with van der Waals surface area (Å²) in [6.07, 6.45) is 1.03. The van der Waals surface area contributed by atoms with Gasteiger partial charge in [-0.1, -0.05) is 42.5 Å². The molecule has 5 rings (SSSR count). The molecule has 1 atom stereocenters. The number of nitrogens with one attached hydrogen (secondary N) is 1. The minimum atomic E-state index is -0.0619. The predicted molar refractivity (Wildman–Crippen MR) is 114 cm³/mol. The number of hydrogen-bond acceptors (Lipinski definition) is 4. The number of aromatic amines is 1. The van der Waals surface area contributed by atoms with Gasteiger partial charge in [-0.3, -0.25) is 9.69 Å². The number of rotatable bonds is 3. The maximum absolute atomic E-state index is 12.6. The van der Waals surface area contributed by atoms with Crippen LogP contribution in [0.15, 0.2) is 64.8 Å². The van der Waals surface area contributed by atoms with Crippen molar-refractivity contribution in [1.29, 1.82) is 0 Å². The Morgan fingerprint density at radius 3 is 2.86 bits per heavy atom. The fourth-order valence-electron chi connectivity index (χ4n) is 4.18. The van der Waals surface area contributed by atoms with E-state index in [2.05, 4.69) is 51.7 Å². The molecule has 0 radical (unpaired) electrons. The summed E-state index contributed by atoms with van der Waals surface area (Å²) in [4.78, 5) is 24.3. The molecule has 0 bridgehead atoms. The minimum Gasteiger partial charge on any atom is -0.309 e. The number of H-pyrrole nitrogens is 1. The number of aromatic nitrogens is 2. The van der Waals surface area contributed by atoms with E-state index in [1.165, 1.54) is 16.0 Å². The molecule has 0 amide bonds. The number of fused-ring (bicyclic) bond motifs is 2. The Labute approximate surface area is 167 Å². The highest BCUT2D eigenvalue weighted by Crippen LogP contribution is 2.38. The van der Waals surface area contributed by atoms with Gasteiger partial charge in [-0.2, -0.15) is 0 Å². The van der Waals surface area contributed by atoms with E-state index in [4.69, 9.17) is 4.98 Å². The van der Waals surface area contributed by atoms with Gasteiger partial charge in [0.05, 0.1) is 23.5 Å². The molecular formula is C23H21N3OS. The Kier molecular flexibility index (Phi) is 4.34. The third kappa shape index (κ3) is 2.97. The highest BCUT2D eigenvalue weighted by Gasteiger charge is 2.30. The summed E-state index contributed by atoms with van der Waals surface area (Å²) in [6.45, 7) is 3.57. The van der Waals surface area contributed by atoms with Crippen molar-refractivity contribution in [2.24, 2.45) is 0 Å². The Morgan fingerprint density at radius 1 is 1.14 bits per heavy atom. The first kappa shape index (κ1) is 17.3. The van der Waals surface area contributed by atoms with Crippen molar-refractivity contribution < 1.29 is 0 Å². The van der Waals surface area contributed by atoms with Gasteiger partial charge in [0.1, 0.15) is 5.82 Å². The summed E-state index contributed by atoms with van der Waals surface area (Å²) < 4.78 is 0. The Bertz CT molecular complexity index is 1200. The number of para-hydroxylation sites is 1. The van der Waals surface area contributed by atoms with Crippen LogP contribution in [0.5, 0.6) is 0 Å². The molecule has 4 aromatic rings. The number of benzene rings is 2. The smallest absolute Gasteiger partial charge is 0.258 e. The van der Waals surface area contributed by atoms with E-state index < -0.39 is 0 Å². The van der Waals surface area contributed by atoms with Gasteiger partial charge in [0.2, 0.25) is 0 Å². The van der Waals surface area contributed by atoms with E-state index in [1.54, 1.807) is 0 Å². The van der Waals surface area contributed by atoms with Gasteiger partial charge in [0.25, 0.3) is 5.56 Å². The summed E-state index contributed by atoms with van der Waals surface area (Å²) in [5, 5.41) is 2.84. The van der Waals surface area contributed by atoms with Gasteiger partial charge in [-0.25, -0.2) is 4.98 Å². The zero-order valence-corrected chi connectivity index (χ0v) is 16.5. The Morgan fingerprint density at radius 2 is 2.00 bits per heavy atom. The van der Waals surface area contributed by atoms with E-state index in [-0.39, 0.29) is 11.6 Å². The molecule has 1 N–H and O–H groups in total. The van der Waals surface area contributed by atoms with Gasteiger partial charge in [0.15, 0.2) is 0 Å². The number of nitrogens with zero attached hydrogens (tertiary/aromatic N) is 2. The van der Waals surface area contributed by atoms with Crippen LogP contribution in [0.3, 0.4) is 0 Å². The van der Waals surface area contributed by atoms with Crippen LogP contribution in [0, 0.1) is 6.92 Å². The maximum atomic E-state index is 12.6. The predicted octanol–water partition coefficient (Wildman–Crippen LogP) is 4.44. The molecular weight excluding hydrogens is 366 g/mol.